The molecule has 1 aromatic carbocycles. The van der Waals surface area contributed by atoms with Gasteiger partial charge >= 0.3 is 11.9 Å². The van der Waals surface area contributed by atoms with E-state index in [1.165, 1.54) is 0 Å². The van der Waals surface area contributed by atoms with Gasteiger partial charge in [-0.1, -0.05) is 13.3 Å². The molecule has 1 aliphatic carbocycles. The van der Waals surface area contributed by atoms with Crippen molar-refractivity contribution in [2.45, 2.75) is 76.3 Å². The van der Waals surface area contributed by atoms with Gasteiger partial charge in [-0.05, 0) is 75.8 Å². The molecule has 1 saturated carbocycles. The Kier molecular flexibility index (Phi) is 9.80. The fraction of sp³-hybridized carbons (Fsp3) is 0.480. The molecule has 202 valence electrons. The van der Waals surface area contributed by atoms with Crippen molar-refractivity contribution in [3.63, 3.8) is 0 Å². The fourth-order valence-electron chi connectivity index (χ4n) is 4.02. The molecule has 1 atom stereocenters. The molecule has 37 heavy (non-hydrogen) atoms. The summed E-state index contributed by atoms with van der Waals surface area (Å²) in [6.45, 7) is 4.90. The van der Waals surface area contributed by atoms with E-state index in [-0.39, 0.29) is 39.5 Å². The summed E-state index contributed by atoms with van der Waals surface area (Å²) in [6, 6.07) is 2.99. The Morgan fingerprint density at radius 3 is 2.32 bits per heavy atom. The highest BCUT2D eigenvalue weighted by molar-refractivity contribution is 7.89. The monoisotopic (exact) mass is 554 g/mol. The zero-order chi connectivity index (χ0) is 27.2. The first-order valence-electron chi connectivity index (χ1n) is 12.2. The Morgan fingerprint density at radius 2 is 1.73 bits per heavy atom. The van der Waals surface area contributed by atoms with Gasteiger partial charge in [0, 0.05) is 0 Å². The van der Waals surface area contributed by atoms with E-state index in [0.29, 0.717) is 5.56 Å². The van der Waals surface area contributed by atoms with Crippen molar-refractivity contribution < 1.29 is 36.7 Å². The minimum Gasteiger partial charge on any atom is -0.462 e. The van der Waals surface area contributed by atoms with Gasteiger partial charge in [0.05, 0.1) is 17.1 Å². The molecule has 12 heteroatoms. The molecule has 0 aliphatic heterocycles. The second-order valence-electron chi connectivity index (χ2n) is 8.67. The van der Waals surface area contributed by atoms with Gasteiger partial charge in [-0.3, -0.25) is 4.79 Å². The molecule has 1 aliphatic rings. The predicted molar refractivity (Wildman–Crippen MR) is 137 cm³/mol. The van der Waals surface area contributed by atoms with E-state index in [0.717, 1.165) is 67.7 Å². The lowest BCUT2D eigenvalue weighted by molar-refractivity contribution is -0.117. The second-order valence-corrected chi connectivity index (χ2v) is 11.4. The quantitative estimate of drug-likeness (QED) is 0.412. The lowest BCUT2D eigenvalue weighted by atomic mass is 9.98. The molecular weight excluding hydrogens is 523 g/mol. The van der Waals surface area contributed by atoms with Crippen LogP contribution in [-0.4, -0.2) is 45.0 Å². The molecule has 2 N–H and O–H groups in total. The number of carbonyl (C=O) groups excluding carboxylic acids is 3. The Labute approximate surface area is 219 Å². The van der Waals surface area contributed by atoms with Gasteiger partial charge in [0.25, 0.3) is 0 Å². The lowest BCUT2D eigenvalue weighted by Gasteiger charge is -2.21. The SMILES string of the molecule is CCOC(=O)c1c(NC(=O)C(CC)NS(=O)(=O)c2ccc(F)cc2)sc(C(=O)OC2CCCCC2)c1C. The number of esters is 2. The van der Waals surface area contributed by atoms with E-state index in [4.69, 9.17) is 9.47 Å². The molecule has 9 nitrogen and oxygen atoms in total. The number of anilines is 1. The van der Waals surface area contributed by atoms with Crippen LogP contribution >= 0.6 is 11.3 Å². The van der Waals surface area contributed by atoms with E-state index in [2.05, 4.69) is 10.0 Å². The van der Waals surface area contributed by atoms with Crippen LogP contribution in [0.1, 0.15) is 78.0 Å². The largest absolute Gasteiger partial charge is 0.462 e. The molecule has 0 bridgehead atoms. The van der Waals surface area contributed by atoms with Gasteiger partial charge in [0.15, 0.2) is 0 Å². The van der Waals surface area contributed by atoms with E-state index < -0.39 is 39.7 Å². The van der Waals surface area contributed by atoms with Crippen LogP contribution in [0.3, 0.4) is 0 Å². The smallest absolute Gasteiger partial charge is 0.348 e. The number of thiophene rings is 1. The molecule has 1 fully saturated rings. The molecular formula is C25H31FN2O7S2. The van der Waals surface area contributed by atoms with Gasteiger partial charge in [-0.2, -0.15) is 4.72 Å². The average Bonchev–Trinajstić information content (AvgIpc) is 3.19. The number of sulfonamides is 1. The number of hydrogen-bond acceptors (Lipinski definition) is 8. The molecule has 3 rings (SSSR count). The first kappa shape index (κ1) is 28.7. The first-order chi connectivity index (χ1) is 17.6. The number of hydrogen-bond donors (Lipinski definition) is 2. The summed E-state index contributed by atoms with van der Waals surface area (Å²) in [5, 5.41) is 2.65. The van der Waals surface area contributed by atoms with Crippen molar-refractivity contribution in [1.82, 2.24) is 4.72 Å². The maximum atomic E-state index is 13.2. The highest BCUT2D eigenvalue weighted by atomic mass is 32.2. The summed E-state index contributed by atoms with van der Waals surface area (Å²) in [4.78, 5) is 38.7. The summed E-state index contributed by atoms with van der Waals surface area (Å²) in [6.07, 6.45) is 4.48. The third-order valence-corrected chi connectivity index (χ3v) is 8.70. The van der Waals surface area contributed by atoms with Crippen LogP contribution in [-0.2, 0) is 24.3 Å². The molecule has 0 radical (unpaired) electrons. The minimum absolute atomic E-state index is 0.0204. The van der Waals surface area contributed by atoms with Crippen LogP contribution in [0.25, 0.3) is 0 Å². The van der Waals surface area contributed by atoms with Crippen LogP contribution in [0.5, 0.6) is 0 Å². The fourth-order valence-corrected chi connectivity index (χ4v) is 6.38. The molecule has 2 aromatic rings. The number of nitrogens with one attached hydrogen (secondary N) is 2. The van der Waals surface area contributed by atoms with Crippen LogP contribution < -0.4 is 10.0 Å². The number of amides is 1. The minimum atomic E-state index is -4.13. The van der Waals surface area contributed by atoms with Gasteiger partial charge in [-0.15, -0.1) is 11.3 Å². The summed E-state index contributed by atoms with van der Waals surface area (Å²) >= 11 is 0.883. The van der Waals surface area contributed by atoms with Gasteiger partial charge in [0.2, 0.25) is 15.9 Å². The van der Waals surface area contributed by atoms with Crippen molar-refractivity contribution in [1.29, 1.82) is 0 Å². The standard InChI is InChI=1S/C25H31FN2O7S2/c1-4-19(28-37(32,33)18-13-11-16(26)12-14-18)22(29)27-23-20(24(30)34-5-2)15(3)21(36-23)25(31)35-17-9-7-6-8-10-17/h11-14,17,19,28H,4-10H2,1-3H3,(H,27,29). The van der Waals surface area contributed by atoms with E-state index >= 15 is 0 Å². The zero-order valence-electron chi connectivity index (χ0n) is 21.0. The summed E-state index contributed by atoms with van der Waals surface area (Å²) in [5.74, 6) is -2.62. The molecule has 1 aromatic heterocycles. The zero-order valence-corrected chi connectivity index (χ0v) is 22.6. The molecule has 1 unspecified atom stereocenters. The molecule has 0 saturated heterocycles. The number of ether oxygens (including phenoxy) is 2. The topological polar surface area (TPSA) is 128 Å². The number of halogens is 1. The Bertz CT molecular complexity index is 1240. The lowest BCUT2D eigenvalue weighted by Crippen LogP contribution is -2.43. The van der Waals surface area contributed by atoms with Crippen LogP contribution in [0.4, 0.5) is 9.39 Å². The molecule has 1 heterocycles. The first-order valence-corrected chi connectivity index (χ1v) is 14.5. The van der Waals surface area contributed by atoms with Gasteiger partial charge in [0.1, 0.15) is 27.8 Å². The highest BCUT2D eigenvalue weighted by Crippen LogP contribution is 2.35. The summed E-state index contributed by atoms with van der Waals surface area (Å²) in [5.41, 5.74) is 0.339. The van der Waals surface area contributed by atoms with Crippen molar-refractivity contribution in [2.24, 2.45) is 0 Å². The number of carbonyl (C=O) groups is 3. The van der Waals surface area contributed by atoms with Crippen molar-refractivity contribution >= 4 is 44.2 Å². The van der Waals surface area contributed by atoms with Gasteiger partial charge in [-0.25, -0.2) is 22.4 Å². The Hall–Kier alpha value is -2.83. The van der Waals surface area contributed by atoms with Crippen LogP contribution in [0.2, 0.25) is 0 Å². The summed E-state index contributed by atoms with van der Waals surface area (Å²) in [7, 11) is -4.13. The third-order valence-electron chi connectivity index (χ3n) is 6.02. The van der Waals surface area contributed by atoms with E-state index in [1.54, 1.807) is 20.8 Å². The van der Waals surface area contributed by atoms with E-state index in [9.17, 15) is 27.2 Å². The number of rotatable bonds is 10. The normalized spacial score (nSPS) is 15.1. The maximum absolute atomic E-state index is 13.2. The molecule has 0 spiro atoms. The molecule has 1 amide bonds. The average molecular weight is 555 g/mol. The Balaban J connectivity index is 1.84. The van der Waals surface area contributed by atoms with Crippen LogP contribution in [0.15, 0.2) is 29.2 Å². The van der Waals surface area contributed by atoms with E-state index in [1.807, 2.05) is 0 Å². The van der Waals surface area contributed by atoms with Gasteiger partial charge < -0.3 is 14.8 Å². The highest BCUT2D eigenvalue weighted by Gasteiger charge is 2.31. The predicted octanol–water partition coefficient (Wildman–Crippen LogP) is 4.56. The maximum Gasteiger partial charge on any atom is 0.348 e. The van der Waals surface area contributed by atoms with Crippen LogP contribution in [0, 0.1) is 12.7 Å². The van der Waals surface area contributed by atoms with Crippen molar-refractivity contribution in [2.75, 3.05) is 11.9 Å². The number of benzene rings is 1. The second kappa shape index (κ2) is 12.6. The van der Waals surface area contributed by atoms with Crippen molar-refractivity contribution in [3.05, 3.63) is 46.1 Å². The Morgan fingerprint density at radius 1 is 1.08 bits per heavy atom. The summed E-state index contributed by atoms with van der Waals surface area (Å²) < 4.78 is 51.7. The van der Waals surface area contributed by atoms with Crippen molar-refractivity contribution in [3.8, 4) is 0 Å². The third kappa shape index (κ3) is 7.14.